The fourth-order valence-electron chi connectivity index (χ4n) is 6.24. The van der Waals surface area contributed by atoms with Crippen LogP contribution < -0.4 is 5.73 Å². The zero-order valence-electron chi connectivity index (χ0n) is 21.0. The number of hydrogen-bond donors (Lipinski definition) is 5. The molecule has 1 aromatic carbocycles. The van der Waals surface area contributed by atoms with E-state index in [1.807, 2.05) is 6.07 Å². The summed E-state index contributed by atoms with van der Waals surface area (Å²) >= 11 is 0. The average molecular weight is 499 g/mol. The summed E-state index contributed by atoms with van der Waals surface area (Å²) in [4.78, 5) is 40.5. The van der Waals surface area contributed by atoms with Gasteiger partial charge in [0.25, 0.3) is 5.91 Å². The molecule has 9 heteroatoms. The number of aromatic hydroxyl groups is 1. The van der Waals surface area contributed by atoms with Crippen molar-refractivity contribution >= 4 is 23.2 Å². The van der Waals surface area contributed by atoms with Crippen LogP contribution in [0.4, 0.5) is 0 Å². The number of likely N-dealkylation sites (N-methyl/N-ethyl adjacent to an activating group) is 1. The maximum absolute atomic E-state index is 13.8. The molecule has 0 bridgehead atoms. The quantitative estimate of drug-likeness (QED) is 0.372. The van der Waals surface area contributed by atoms with Crippen LogP contribution in [-0.2, 0) is 27.2 Å². The fraction of sp³-hybridized carbons (Fsp3) is 0.519. The first-order valence-electron chi connectivity index (χ1n) is 12.3. The Labute approximate surface area is 209 Å². The summed E-state index contributed by atoms with van der Waals surface area (Å²) in [7, 11) is 3.16. The van der Waals surface area contributed by atoms with E-state index in [0.717, 1.165) is 30.4 Å². The van der Waals surface area contributed by atoms with Crippen molar-refractivity contribution in [1.82, 2.24) is 4.90 Å². The van der Waals surface area contributed by atoms with Crippen LogP contribution in [0.3, 0.4) is 0 Å². The number of nitrogens with zero attached hydrogens (tertiary/aromatic N) is 1. The van der Waals surface area contributed by atoms with E-state index in [1.54, 1.807) is 14.1 Å². The molecule has 0 aliphatic heterocycles. The highest BCUT2D eigenvalue weighted by atomic mass is 16.3. The van der Waals surface area contributed by atoms with Gasteiger partial charge in [0, 0.05) is 11.5 Å². The summed E-state index contributed by atoms with van der Waals surface area (Å²) in [5.41, 5.74) is 3.63. The van der Waals surface area contributed by atoms with E-state index in [-0.39, 0.29) is 23.3 Å². The number of hydrogen-bond acceptors (Lipinski definition) is 8. The molecule has 1 aromatic rings. The van der Waals surface area contributed by atoms with Gasteiger partial charge < -0.3 is 26.2 Å². The topological polar surface area (TPSA) is 161 Å². The van der Waals surface area contributed by atoms with Crippen molar-refractivity contribution in [2.24, 2.45) is 23.5 Å². The van der Waals surface area contributed by atoms with Crippen LogP contribution in [0.5, 0.6) is 5.75 Å². The van der Waals surface area contributed by atoms with Gasteiger partial charge in [-0.1, -0.05) is 26.3 Å². The predicted molar refractivity (Wildman–Crippen MR) is 132 cm³/mol. The minimum atomic E-state index is -2.62. The first kappa shape index (κ1) is 25.9. The van der Waals surface area contributed by atoms with Crippen LogP contribution in [0, 0.1) is 17.8 Å². The number of amides is 1. The second-order valence-corrected chi connectivity index (χ2v) is 10.8. The lowest BCUT2D eigenvalue weighted by atomic mass is 9.57. The highest BCUT2D eigenvalue weighted by molar-refractivity contribution is 6.24. The van der Waals surface area contributed by atoms with Crippen LogP contribution >= 0.6 is 0 Å². The fourth-order valence-corrected chi connectivity index (χ4v) is 6.24. The third kappa shape index (κ3) is 3.72. The van der Waals surface area contributed by atoms with Crippen molar-refractivity contribution in [3.8, 4) is 5.75 Å². The van der Waals surface area contributed by atoms with E-state index >= 15 is 0 Å². The van der Waals surface area contributed by atoms with E-state index in [2.05, 4.69) is 13.8 Å². The largest absolute Gasteiger partial charge is 0.508 e. The minimum Gasteiger partial charge on any atom is -0.508 e. The smallest absolute Gasteiger partial charge is 0.255 e. The molecular weight excluding hydrogens is 464 g/mol. The van der Waals surface area contributed by atoms with Crippen LogP contribution in [0.1, 0.15) is 49.8 Å². The molecule has 0 aromatic heterocycles. The van der Waals surface area contributed by atoms with Crippen molar-refractivity contribution in [3.63, 3.8) is 0 Å². The van der Waals surface area contributed by atoms with Crippen molar-refractivity contribution in [2.75, 3.05) is 14.1 Å². The molecule has 0 saturated heterocycles. The number of carbonyl (C=O) groups is 3. The van der Waals surface area contributed by atoms with Gasteiger partial charge in [-0.3, -0.25) is 19.3 Å². The lowest BCUT2D eigenvalue weighted by Gasteiger charge is -2.50. The maximum Gasteiger partial charge on any atom is 0.255 e. The number of aliphatic hydroxyl groups is 3. The monoisotopic (exact) mass is 498 g/mol. The highest BCUT2D eigenvalue weighted by Crippen LogP contribution is 2.53. The minimum absolute atomic E-state index is 0.0901. The molecule has 0 spiro atoms. The molecule has 4 atom stereocenters. The number of benzene rings is 1. The molecular formula is C27H34N2O7. The van der Waals surface area contributed by atoms with Crippen LogP contribution in [-0.4, -0.2) is 68.5 Å². The number of fused-ring (bicyclic) bond motifs is 3. The van der Waals surface area contributed by atoms with Gasteiger partial charge in [0.2, 0.25) is 5.78 Å². The number of phenols is 1. The van der Waals surface area contributed by atoms with E-state index in [0.29, 0.717) is 12.3 Å². The van der Waals surface area contributed by atoms with Gasteiger partial charge in [0.1, 0.15) is 22.8 Å². The van der Waals surface area contributed by atoms with Crippen molar-refractivity contribution in [2.45, 2.75) is 57.6 Å². The van der Waals surface area contributed by atoms with Crippen molar-refractivity contribution in [1.29, 1.82) is 0 Å². The van der Waals surface area contributed by atoms with Gasteiger partial charge in [0.05, 0.1) is 11.6 Å². The lowest BCUT2D eigenvalue weighted by Crippen LogP contribution is -2.65. The first-order chi connectivity index (χ1) is 16.8. The predicted octanol–water partition coefficient (Wildman–Crippen LogP) is 1.94. The lowest BCUT2D eigenvalue weighted by molar-refractivity contribution is -0.153. The molecule has 4 rings (SSSR count). The first-order valence-corrected chi connectivity index (χ1v) is 12.3. The summed E-state index contributed by atoms with van der Waals surface area (Å²) < 4.78 is 0. The van der Waals surface area contributed by atoms with Gasteiger partial charge in [0.15, 0.2) is 11.4 Å². The highest BCUT2D eigenvalue weighted by Gasteiger charge is 2.64. The van der Waals surface area contributed by atoms with Gasteiger partial charge in [-0.25, -0.2) is 0 Å². The Kier molecular flexibility index (Phi) is 6.51. The van der Waals surface area contributed by atoms with Gasteiger partial charge in [-0.05, 0) is 68.8 Å². The Morgan fingerprint density at radius 3 is 2.44 bits per heavy atom. The summed E-state index contributed by atoms with van der Waals surface area (Å²) in [6.45, 7) is 4.28. The molecule has 1 amide bonds. The molecule has 6 N–H and O–H groups in total. The Bertz CT molecular complexity index is 1210. The van der Waals surface area contributed by atoms with Crippen molar-refractivity contribution in [3.05, 3.63) is 45.7 Å². The van der Waals surface area contributed by atoms with Gasteiger partial charge in [-0.2, -0.15) is 0 Å². The van der Waals surface area contributed by atoms with Crippen LogP contribution in [0.2, 0.25) is 0 Å². The summed E-state index contributed by atoms with van der Waals surface area (Å²) in [5.74, 6) is -5.81. The average Bonchev–Trinajstić information content (AvgIpc) is 2.77. The second-order valence-electron chi connectivity index (χ2n) is 10.8. The van der Waals surface area contributed by atoms with Crippen LogP contribution in [0.25, 0.3) is 5.76 Å². The van der Waals surface area contributed by atoms with Gasteiger partial charge in [-0.15, -0.1) is 0 Å². The van der Waals surface area contributed by atoms with E-state index in [9.17, 15) is 34.8 Å². The molecule has 0 radical (unpaired) electrons. The molecule has 194 valence electrons. The Balaban J connectivity index is 1.88. The number of phenolic OH excluding ortho intramolecular Hbond substituents is 1. The summed E-state index contributed by atoms with van der Waals surface area (Å²) in [6.07, 6.45) is 3.08. The number of nitrogens with two attached hydrogens (primary N) is 1. The molecule has 4 unspecified atom stereocenters. The number of ketones is 2. The third-order valence-electron chi connectivity index (χ3n) is 7.93. The number of carbonyl (C=O) groups excluding carboxylic acids is 3. The molecule has 1 saturated carbocycles. The summed E-state index contributed by atoms with van der Waals surface area (Å²) in [5, 5.41) is 44.4. The molecule has 0 heterocycles. The third-order valence-corrected chi connectivity index (χ3v) is 7.93. The zero-order valence-corrected chi connectivity index (χ0v) is 21.0. The second kappa shape index (κ2) is 9.05. The van der Waals surface area contributed by atoms with Gasteiger partial charge >= 0.3 is 0 Å². The molecule has 1 fully saturated rings. The number of primary amides is 1. The molecule has 36 heavy (non-hydrogen) atoms. The Morgan fingerprint density at radius 1 is 1.19 bits per heavy atom. The number of aliphatic hydroxyl groups excluding tert-OH is 2. The zero-order chi connectivity index (χ0) is 26.7. The number of Topliss-reactive ketones (excluding diaryl/α,β-unsaturated/α-hetero) is 2. The SMILES string of the molecule is CC(C)CCCc1ccc(O)c2c1CC1CC3C(N(C)C)C(=O)C(C(N)=O)=C(O)C3(O)C(=O)C1=C2O. The molecule has 9 nitrogen and oxygen atoms in total. The molecule has 3 aliphatic carbocycles. The maximum atomic E-state index is 13.8. The number of aryl methyl sites for hydroxylation is 1. The Morgan fingerprint density at radius 2 is 1.86 bits per heavy atom. The van der Waals surface area contributed by atoms with E-state index in [4.69, 9.17) is 5.73 Å². The number of rotatable bonds is 6. The van der Waals surface area contributed by atoms with E-state index in [1.165, 1.54) is 11.0 Å². The molecule has 3 aliphatic rings. The summed E-state index contributed by atoms with van der Waals surface area (Å²) in [6, 6.07) is 2.22. The normalized spacial score (nSPS) is 27.9. The Hall–Kier alpha value is -3.17. The van der Waals surface area contributed by atoms with E-state index < -0.39 is 58.0 Å². The standard InChI is InChI=1S/C27H34N2O7/c1-12(2)6-5-7-13-8-9-17(30)19-15(13)10-14-11-16-21(29(3)4)23(32)20(26(28)35)25(34)27(16,36)24(33)18(14)22(19)31/h8-9,12,14,16,21,30-31,34,36H,5-7,10-11H2,1-4H3,(H2,28,35). The van der Waals surface area contributed by atoms with Crippen LogP contribution in [0.15, 0.2) is 29.0 Å². The van der Waals surface area contributed by atoms with Crippen molar-refractivity contribution < 1.29 is 34.8 Å².